The highest BCUT2D eigenvalue weighted by Gasteiger charge is 2.17. The fourth-order valence-electron chi connectivity index (χ4n) is 3.41. The number of esters is 1. The van der Waals surface area contributed by atoms with E-state index in [9.17, 15) is 13.2 Å². The summed E-state index contributed by atoms with van der Waals surface area (Å²) in [5.41, 5.74) is 4.26. The summed E-state index contributed by atoms with van der Waals surface area (Å²) in [6.45, 7) is 2.98. The van der Waals surface area contributed by atoms with Crippen molar-refractivity contribution >= 4 is 16.0 Å². The highest BCUT2D eigenvalue weighted by Crippen LogP contribution is 2.16. The smallest absolute Gasteiger partial charge is 0.309 e. The monoisotopic (exact) mass is 431 g/mol. The normalized spacial score (nSPS) is 11.6. The van der Waals surface area contributed by atoms with Gasteiger partial charge in [-0.2, -0.15) is 4.31 Å². The minimum Gasteiger partial charge on any atom is -0.469 e. The lowest BCUT2D eigenvalue weighted by molar-refractivity contribution is -0.139. The number of hydrogen-bond acceptors (Lipinski definition) is 4. The summed E-state index contributed by atoms with van der Waals surface area (Å²) in [7, 11) is -1.94. The molecule has 0 saturated carbocycles. The molecule has 0 spiro atoms. The van der Waals surface area contributed by atoms with E-state index in [4.69, 9.17) is 4.74 Å². The van der Waals surface area contributed by atoms with Gasteiger partial charge in [0, 0.05) is 13.1 Å². The number of aryl methyl sites for hydroxylation is 2. The highest BCUT2D eigenvalue weighted by molar-refractivity contribution is 7.88. The van der Waals surface area contributed by atoms with Crippen LogP contribution in [0.2, 0.25) is 0 Å². The van der Waals surface area contributed by atoms with E-state index in [1.165, 1.54) is 23.2 Å². The first-order chi connectivity index (χ1) is 14.3. The second kappa shape index (κ2) is 11.9. The molecule has 0 radical (unpaired) electrons. The van der Waals surface area contributed by atoms with E-state index in [1.54, 1.807) is 0 Å². The number of carbonyl (C=O) groups is 1. The van der Waals surface area contributed by atoms with Gasteiger partial charge in [-0.05, 0) is 47.9 Å². The third-order valence-corrected chi connectivity index (χ3v) is 6.45. The molecular formula is C24H33NO4S. The Labute approximate surface area is 181 Å². The lowest BCUT2D eigenvalue weighted by Crippen LogP contribution is -2.30. The molecule has 0 atom stereocenters. The largest absolute Gasteiger partial charge is 0.469 e. The zero-order valence-electron chi connectivity index (χ0n) is 18.3. The fourth-order valence-corrected chi connectivity index (χ4v) is 4.25. The van der Waals surface area contributed by atoms with E-state index in [0.29, 0.717) is 25.9 Å². The van der Waals surface area contributed by atoms with Crippen LogP contribution in [0.5, 0.6) is 0 Å². The van der Waals surface area contributed by atoms with Crippen LogP contribution in [-0.4, -0.2) is 38.6 Å². The van der Waals surface area contributed by atoms with E-state index in [0.717, 1.165) is 36.0 Å². The van der Waals surface area contributed by atoms with Crippen LogP contribution in [0.15, 0.2) is 48.5 Å². The predicted molar refractivity (Wildman–Crippen MR) is 121 cm³/mol. The van der Waals surface area contributed by atoms with Crippen LogP contribution in [0, 0.1) is 0 Å². The topological polar surface area (TPSA) is 63.7 Å². The van der Waals surface area contributed by atoms with Crippen molar-refractivity contribution in [1.82, 2.24) is 4.31 Å². The number of hydrogen-bond donors (Lipinski definition) is 0. The molecule has 0 aliphatic rings. The first-order valence-electron chi connectivity index (χ1n) is 10.5. The van der Waals surface area contributed by atoms with Gasteiger partial charge in [0.25, 0.3) is 0 Å². The minimum absolute atomic E-state index is 0.229. The number of unbranched alkanes of at least 4 members (excludes halogenated alkanes) is 1. The molecule has 164 valence electrons. The van der Waals surface area contributed by atoms with Crippen LogP contribution in [0.4, 0.5) is 0 Å². The molecule has 2 aromatic carbocycles. The van der Waals surface area contributed by atoms with Gasteiger partial charge in [-0.1, -0.05) is 61.9 Å². The molecule has 2 aromatic rings. The van der Waals surface area contributed by atoms with Crippen molar-refractivity contribution in [3.8, 4) is 0 Å². The molecular weight excluding hydrogens is 398 g/mol. The van der Waals surface area contributed by atoms with Crippen LogP contribution in [0.3, 0.4) is 0 Å². The van der Waals surface area contributed by atoms with E-state index in [1.807, 2.05) is 36.4 Å². The zero-order chi connectivity index (χ0) is 22.0. The summed E-state index contributed by atoms with van der Waals surface area (Å²) in [6.07, 6.45) is 6.24. The average molecular weight is 432 g/mol. The van der Waals surface area contributed by atoms with E-state index < -0.39 is 10.0 Å². The summed E-state index contributed by atoms with van der Waals surface area (Å²) in [5.74, 6) is -0.275. The molecule has 0 unspecified atom stereocenters. The molecule has 0 N–H and O–H groups in total. The van der Waals surface area contributed by atoms with Crippen molar-refractivity contribution in [1.29, 1.82) is 0 Å². The Morgan fingerprint density at radius 1 is 0.933 bits per heavy atom. The van der Waals surface area contributed by atoms with Gasteiger partial charge in [-0.15, -0.1) is 0 Å². The molecule has 0 aliphatic heterocycles. The first-order valence-corrected chi connectivity index (χ1v) is 12.3. The van der Waals surface area contributed by atoms with Gasteiger partial charge in [-0.3, -0.25) is 4.79 Å². The van der Waals surface area contributed by atoms with E-state index >= 15 is 0 Å². The average Bonchev–Trinajstić information content (AvgIpc) is 2.72. The molecule has 0 saturated heterocycles. The van der Waals surface area contributed by atoms with Crippen molar-refractivity contribution in [2.75, 3.05) is 19.9 Å². The molecule has 0 aliphatic carbocycles. The van der Waals surface area contributed by atoms with E-state index in [-0.39, 0.29) is 12.4 Å². The summed E-state index contributed by atoms with van der Waals surface area (Å²) in [4.78, 5) is 11.6. The van der Waals surface area contributed by atoms with Gasteiger partial charge < -0.3 is 4.74 Å². The Morgan fingerprint density at radius 3 is 2.17 bits per heavy atom. The van der Waals surface area contributed by atoms with Crippen molar-refractivity contribution < 1.29 is 17.9 Å². The second-order valence-corrected chi connectivity index (χ2v) is 9.62. The van der Waals surface area contributed by atoms with E-state index in [2.05, 4.69) is 19.1 Å². The maximum absolute atomic E-state index is 12.3. The first kappa shape index (κ1) is 24.1. The van der Waals surface area contributed by atoms with Crippen LogP contribution in [0.1, 0.15) is 48.4 Å². The van der Waals surface area contributed by atoms with Crippen molar-refractivity contribution in [2.24, 2.45) is 0 Å². The third-order valence-electron chi connectivity index (χ3n) is 5.20. The molecule has 0 fully saturated rings. The Balaban J connectivity index is 1.99. The zero-order valence-corrected chi connectivity index (χ0v) is 19.1. The fraction of sp³-hybridized carbons (Fsp3) is 0.458. The predicted octanol–water partition coefficient (Wildman–Crippen LogP) is 4.14. The van der Waals surface area contributed by atoms with Gasteiger partial charge in [0.2, 0.25) is 10.0 Å². The van der Waals surface area contributed by atoms with Crippen molar-refractivity contribution in [2.45, 2.75) is 52.0 Å². The lowest BCUT2D eigenvalue weighted by Gasteiger charge is -2.20. The summed E-state index contributed by atoms with van der Waals surface area (Å²) in [5, 5.41) is 0. The number of methoxy groups -OCH3 is 1. The summed E-state index contributed by atoms with van der Waals surface area (Å²) in [6, 6.07) is 16.0. The SMILES string of the molecule is CCCCc1ccc(CN(CCCc2ccccc2CC(=O)OC)S(C)(=O)=O)cc1. The van der Waals surface area contributed by atoms with Gasteiger partial charge in [-0.25, -0.2) is 8.42 Å². The van der Waals surface area contributed by atoms with Crippen molar-refractivity contribution in [3.63, 3.8) is 0 Å². The van der Waals surface area contributed by atoms with Gasteiger partial charge in [0.05, 0.1) is 19.8 Å². The number of nitrogens with zero attached hydrogens (tertiary/aromatic N) is 1. The van der Waals surface area contributed by atoms with Crippen LogP contribution in [-0.2, 0) is 45.4 Å². The summed E-state index contributed by atoms with van der Waals surface area (Å²) >= 11 is 0. The quantitative estimate of drug-likeness (QED) is 0.474. The maximum atomic E-state index is 12.3. The Morgan fingerprint density at radius 2 is 1.57 bits per heavy atom. The third kappa shape index (κ3) is 7.92. The molecule has 6 heteroatoms. The molecule has 0 amide bonds. The Hall–Kier alpha value is -2.18. The number of sulfonamides is 1. The molecule has 0 aromatic heterocycles. The minimum atomic E-state index is -3.32. The number of carbonyl (C=O) groups excluding carboxylic acids is 1. The standard InChI is InChI=1S/C24H33NO4S/c1-4-5-9-20-13-15-21(16-14-20)19-25(30(3,27)28)17-8-12-22-10-6-7-11-23(22)18-24(26)29-2/h6-7,10-11,13-16H,4-5,8-9,12,17-19H2,1-3H3. The van der Waals surface area contributed by atoms with Gasteiger partial charge in [0.1, 0.15) is 0 Å². The Kier molecular flexibility index (Phi) is 9.53. The number of ether oxygens (including phenoxy) is 1. The van der Waals surface area contributed by atoms with Crippen LogP contribution >= 0.6 is 0 Å². The summed E-state index contributed by atoms with van der Waals surface area (Å²) < 4.78 is 30.9. The highest BCUT2D eigenvalue weighted by atomic mass is 32.2. The molecule has 2 rings (SSSR count). The van der Waals surface area contributed by atoms with Gasteiger partial charge in [0.15, 0.2) is 0 Å². The van der Waals surface area contributed by atoms with Crippen molar-refractivity contribution in [3.05, 3.63) is 70.8 Å². The molecule has 0 heterocycles. The van der Waals surface area contributed by atoms with Crippen LogP contribution < -0.4 is 0 Å². The molecule has 5 nitrogen and oxygen atoms in total. The Bertz CT molecular complexity index is 907. The maximum Gasteiger partial charge on any atom is 0.309 e. The number of benzene rings is 2. The lowest BCUT2D eigenvalue weighted by atomic mass is 10.0. The second-order valence-electron chi connectivity index (χ2n) is 7.64. The molecule has 0 bridgehead atoms. The van der Waals surface area contributed by atoms with Gasteiger partial charge >= 0.3 is 5.97 Å². The number of rotatable bonds is 12. The van der Waals surface area contributed by atoms with Crippen LogP contribution in [0.25, 0.3) is 0 Å². The molecule has 30 heavy (non-hydrogen) atoms.